The molecular formula is C29H32N2O+2. The van der Waals surface area contributed by atoms with Gasteiger partial charge in [-0.25, -0.2) is 4.57 Å². The van der Waals surface area contributed by atoms with E-state index in [1.807, 2.05) is 42.5 Å². The van der Waals surface area contributed by atoms with Gasteiger partial charge >= 0.3 is 0 Å². The van der Waals surface area contributed by atoms with Crippen molar-refractivity contribution in [1.82, 2.24) is 0 Å². The lowest BCUT2D eigenvalue weighted by Crippen LogP contribution is -2.32. The average molecular weight is 425 g/mol. The third-order valence-electron chi connectivity index (χ3n) is 5.69. The van der Waals surface area contributed by atoms with E-state index in [0.29, 0.717) is 0 Å². The highest BCUT2D eigenvalue weighted by Crippen LogP contribution is 2.21. The third kappa shape index (κ3) is 6.04. The Morgan fingerprint density at radius 1 is 0.594 bits per heavy atom. The summed E-state index contributed by atoms with van der Waals surface area (Å²) in [6.45, 7) is 3.36. The second-order valence-electron chi connectivity index (χ2n) is 8.14. The summed E-state index contributed by atoms with van der Waals surface area (Å²) >= 11 is 0. The number of benzene rings is 2. The molecule has 0 saturated heterocycles. The highest BCUT2D eigenvalue weighted by Gasteiger charge is 2.09. The van der Waals surface area contributed by atoms with Gasteiger partial charge in [0.2, 0.25) is 5.69 Å². The number of aromatic nitrogens is 2. The van der Waals surface area contributed by atoms with E-state index in [9.17, 15) is 0 Å². The summed E-state index contributed by atoms with van der Waals surface area (Å²) in [6, 6.07) is 26.8. The Labute approximate surface area is 191 Å². The number of unbranched alkanes of at least 4 members (excludes halogenated alkanes) is 4. The molecule has 0 aliphatic carbocycles. The molecule has 0 fully saturated rings. The van der Waals surface area contributed by atoms with Crippen molar-refractivity contribution in [3.63, 3.8) is 0 Å². The minimum Gasteiger partial charge on any atom is -0.457 e. The first-order chi connectivity index (χ1) is 15.8. The maximum absolute atomic E-state index is 5.89. The van der Waals surface area contributed by atoms with Crippen molar-refractivity contribution in [2.75, 3.05) is 0 Å². The molecule has 3 nitrogen and oxygen atoms in total. The number of rotatable bonds is 10. The molecule has 0 spiro atoms. The van der Waals surface area contributed by atoms with Crippen LogP contribution >= 0.6 is 0 Å². The van der Waals surface area contributed by atoms with Gasteiger partial charge in [-0.3, -0.25) is 0 Å². The molecule has 0 N–H and O–H groups in total. The van der Waals surface area contributed by atoms with Gasteiger partial charge in [0.25, 0.3) is 0 Å². The predicted molar refractivity (Wildman–Crippen MR) is 129 cm³/mol. The molecule has 4 rings (SSSR count). The molecule has 0 aliphatic heterocycles. The van der Waals surface area contributed by atoms with E-state index in [2.05, 4.69) is 77.2 Å². The van der Waals surface area contributed by atoms with Crippen molar-refractivity contribution < 1.29 is 13.9 Å². The van der Waals surface area contributed by atoms with E-state index in [4.69, 9.17) is 4.74 Å². The zero-order valence-corrected chi connectivity index (χ0v) is 18.9. The standard InChI is InChI=1S/C29H32N2O/c1-2-3-4-5-9-20-30-21-16-25(17-22-30)26-18-23-31(24-19-26)27-12-14-29(15-13-27)32-28-10-7-6-8-11-28/h6-8,10-19,21-24H,2-5,9,20H2,1H3/q+2. The van der Waals surface area contributed by atoms with Gasteiger partial charge in [-0.2, -0.15) is 4.57 Å². The zero-order valence-electron chi connectivity index (χ0n) is 18.9. The van der Waals surface area contributed by atoms with Crippen LogP contribution in [-0.4, -0.2) is 0 Å². The summed E-state index contributed by atoms with van der Waals surface area (Å²) in [4.78, 5) is 0. The van der Waals surface area contributed by atoms with E-state index in [1.54, 1.807) is 0 Å². The molecule has 0 aliphatic rings. The normalized spacial score (nSPS) is 10.8. The summed E-state index contributed by atoms with van der Waals surface area (Å²) in [5.41, 5.74) is 3.57. The summed E-state index contributed by atoms with van der Waals surface area (Å²) in [5, 5.41) is 0. The number of ether oxygens (including phenoxy) is 1. The van der Waals surface area contributed by atoms with Crippen LogP contribution in [0.4, 0.5) is 0 Å². The van der Waals surface area contributed by atoms with Crippen LogP contribution in [0, 0.1) is 0 Å². The Kier molecular flexibility index (Phi) is 7.64. The number of nitrogens with zero attached hydrogens (tertiary/aromatic N) is 2. The van der Waals surface area contributed by atoms with Gasteiger partial charge in [0.15, 0.2) is 24.8 Å². The SMILES string of the molecule is CCCCCCC[n+]1ccc(-c2cc[n+](-c3ccc(Oc4ccccc4)cc3)cc2)cc1. The third-order valence-corrected chi connectivity index (χ3v) is 5.69. The molecule has 0 amide bonds. The van der Waals surface area contributed by atoms with Gasteiger partial charge in [0, 0.05) is 42.8 Å². The molecule has 3 heteroatoms. The monoisotopic (exact) mass is 424 g/mol. The van der Waals surface area contributed by atoms with Gasteiger partial charge in [0.1, 0.15) is 18.0 Å². The lowest BCUT2D eigenvalue weighted by Gasteiger charge is -2.05. The molecule has 0 atom stereocenters. The smallest absolute Gasteiger partial charge is 0.210 e. The number of aryl methyl sites for hydroxylation is 1. The van der Waals surface area contributed by atoms with Crippen molar-refractivity contribution in [2.45, 2.75) is 45.6 Å². The van der Waals surface area contributed by atoms with Crippen LogP contribution in [-0.2, 0) is 6.54 Å². The van der Waals surface area contributed by atoms with Crippen molar-refractivity contribution in [3.05, 3.63) is 104 Å². The second kappa shape index (κ2) is 11.2. The molecule has 2 heterocycles. The predicted octanol–water partition coefficient (Wildman–Crippen LogP) is 6.68. The molecule has 0 unspecified atom stereocenters. The van der Waals surface area contributed by atoms with Crippen LogP contribution in [0.3, 0.4) is 0 Å². The Bertz CT molecular complexity index is 1070. The van der Waals surface area contributed by atoms with E-state index in [1.165, 1.54) is 43.2 Å². The molecule has 0 saturated carbocycles. The average Bonchev–Trinajstić information content (AvgIpc) is 2.86. The van der Waals surface area contributed by atoms with Crippen molar-refractivity contribution in [3.8, 4) is 28.3 Å². The van der Waals surface area contributed by atoms with Crippen LogP contribution in [0.25, 0.3) is 16.8 Å². The molecule has 162 valence electrons. The minimum absolute atomic E-state index is 0.833. The molecule has 0 bridgehead atoms. The number of hydrogen-bond acceptors (Lipinski definition) is 1. The highest BCUT2D eigenvalue weighted by atomic mass is 16.5. The van der Waals surface area contributed by atoms with Gasteiger partial charge < -0.3 is 4.74 Å². The van der Waals surface area contributed by atoms with Gasteiger partial charge in [-0.15, -0.1) is 0 Å². The topological polar surface area (TPSA) is 17.0 Å². The van der Waals surface area contributed by atoms with E-state index in [0.717, 1.165) is 23.7 Å². The van der Waals surface area contributed by atoms with Crippen molar-refractivity contribution >= 4 is 0 Å². The Hall–Kier alpha value is -3.46. The quantitative estimate of drug-likeness (QED) is 0.205. The van der Waals surface area contributed by atoms with Gasteiger partial charge in [0.05, 0.1) is 0 Å². The fourth-order valence-corrected chi connectivity index (χ4v) is 3.80. The van der Waals surface area contributed by atoms with Crippen LogP contribution in [0.5, 0.6) is 11.5 Å². The lowest BCUT2D eigenvalue weighted by atomic mass is 10.1. The summed E-state index contributed by atoms with van der Waals surface area (Å²) in [7, 11) is 0. The van der Waals surface area contributed by atoms with Crippen molar-refractivity contribution in [2.24, 2.45) is 0 Å². The fourth-order valence-electron chi connectivity index (χ4n) is 3.80. The number of hydrogen-bond donors (Lipinski definition) is 0. The number of para-hydroxylation sites is 1. The summed E-state index contributed by atoms with van der Waals surface area (Å²) in [5.74, 6) is 1.68. The fraction of sp³-hybridized carbons (Fsp3) is 0.241. The summed E-state index contributed by atoms with van der Waals surface area (Å²) < 4.78 is 10.3. The lowest BCUT2D eigenvalue weighted by molar-refractivity contribution is -0.697. The van der Waals surface area contributed by atoms with E-state index in [-0.39, 0.29) is 0 Å². The van der Waals surface area contributed by atoms with Gasteiger partial charge in [-0.05, 0) is 41.8 Å². The first kappa shape index (κ1) is 21.8. The van der Waals surface area contributed by atoms with E-state index >= 15 is 0 Å². The Morgan fingerprint density at radius 3 is 1.84 bits per heavy atom. The highest BCUT2D eigenvalue weighted by molar-refractivity contribution is 5.61. The molecule has 2 aromatic carbocycles. The van der Waals surface area contributed by atoms with Crippen molar-refractivity contribution in [1.29, 1.82) is 0 Å². The Balaban J connectivity index is 1.35. The molecule has 0 radical (unpaired) electrons. The first-order valence-electron chi connectivity index (χ1n) is 11.7. The summed E-state index contributed by atoms with van der Waals surface area (Å²) in [6.07, 6.45) is 15.2. The van der Waals surface area contributed by atoms with Crippen LogP contribution in [0.15, 0.2) is 104 Å². The first-order valence-corrected chi connectivity index (χ1v) is 11.7. The minimum atomic E-state index is 0.833. The number of pyridine rings is 2. The van der Waals surface area contributed by atoms with Crippen LogP contribution in [0.1, 0.15) is 39.0 Å². The second-order valence-corrected chi connectivity index (χ2v) is 8.14. The van der Waals surface area contributed by atoms with Gasteiger partial charge in [-0.1, -0.05) is 44.4 Å². The molecular weight excluding hydrogens is 392 g/mol. The largest absolute Gasteiger partial charge is 0.457 e. The molecule has 4 aromatic rings. The zero-order chi connectivity index (χ0) is 22.0. The molecule has 2 aromatic heterocycles. The van der Waals surface area contributed by atoms with Crippen LogP contribution in [0.2, 0.25) is 0 Å². The van der Waals surface area contributed by atoms with Crippen LogP contribution < -0.4 is 13.9 Å². The molecule has 32 heavy (non-hydrogen) atoms. The maximum atomic E-state index is 5.89. The maximum Gasteiger partial charge on any atom is 0.210 e. The van der Waals surface area contributed by atoms with E-state index < -0.39 is 0 Å². The Morgan fingerprint density at radius 2 is 1.19 bits per heavy atom.